The minimum Gasteiger partial charge on any atom is -0.245 e. The molecule has 0 fully saturated rings. The van der Waals surface area contributed by atoms with Gasteiger partial charge in [-0.2, -0.15) is 5.10 Å². The number of halogens is 1. The fourth-order valence-electron chi connectivity index (χ4n) is 1.52. The van der Waals surface area contributed by atoms with Crippen LogP contribution in [0.2, 0.25) is 0 Å². The average molecular weight is 352 g/mol. The zero-order valence-electron chi connectivity index (χ0n) is 10.2. The van der Waals surface area contributed by atoms with E-state index in [1.54, 1.807) is 6.21 Å². The van der Waals surface area contributed by atoms with Crippen LogP contribution >= 0.6 is 22.6 Å². The number of aryl methyl sites for hydroxylation is 2. The van der Waals surface area contributed by atoms with Crippen molar-refractivity contribution in [1.82, 2.24) is 9.97 Å². The van der Waals surface area contributed by atoms with E-state index in [0.717, 1.165) is 20.5 Å². The van der Waals surface area contributed by atoms with Crippen molar-refractivity contribution in [2.45, 2.75) is 13.8 Å². The quantitative estimate of drug-likeness (QED) is 0.525. The van der Waals surface area contributed by atoms with Gasteiger partial charge in [-0.3, -0.25) is 0 Å². The number of aromatic nitrogens is 2. The summed E-state index contributed by atoms with van der Waals surface area (Å²) in [6.07, 6.45) is 1.77. The third-order valence-corrected chi connectivity index (χ3v) is 3.24. The Balaban J connectivity index is 2.10. The molecule has 1 aromatic heterocycles. The van der Waals surface area contributed by atoms with Crippen LogP contribution in [0.15, 0.2) is 35.4 Å². The number of hydrogen-bond acceptors (Lipinski definition) is 4. The van der Waals surface area contributed by atoms with Crippen LogP contribution in [0.3, 0.4) is 0 Å². The Bertz CT molecular complexity index is 561. The second-order valence-corrected chi connectivity index (χ2v) is 5.03. The highest BCUT2D eigenvalue weighted by molar-refractivity contribution is 14.1. The fraction of sp³-hybridized carbons (Fsp3) is 0.154. The third-order valence-electron chi connectivity index (χ3n) is 2.26. The molecule has 0 radical (unpaired) electrons. The van der Waals surface area contributed by atoms with Gasteiger partial charge in [0.15, 0.2) is 0 Å². The molecule has 0 unspecified atom stereocenters. The van der Waals surface area contributed by atoms with Gasteiger partial charge in [0.1, 0.15) is 0 Å². The molecule has 18 heavy (non-hydrogen) atoms. The van der Waals surface area contributed by atoms with Gasteiger partial charge in [0, 0.05) is 20.5 Å². The van der Waals surface area contributed by atoms with Crippen LogP contribution in [0.4, 0.5) is 5.95 Å². The van der Waals surface area contributed by atoms with Crippen LogP contribution in [0.5, 0.6) is 0 Å². The van der Waals surface area contributed by atoms with Crippen LogP contribution in [0.25, 0.3) is 0 Å². The first-order valence-electron chi connectivity index (χ1n) is 5.51. The first-order chi connectivity index (χ1) is 8.65. The maximum absolute atomic E-state index is 4.25. The predicted octanol–water partition coefficient (Wildman–Crippen LogP) is 3.14. The Morgan fingerprint density at radius 3 is 2.50 bits per heavy atom. The number of benzene rings is 1. The first-order valence-corrected chi connectivity index (χ1v) is 6.59. The topological polar surface area (TPSA) is 50.2 Å². The van der Waals surface area contributed by atoms with E-state index < -0.39 is 0 Å². The molecule has 92 valence electrons. The molecule has 1 heterocycles. The van der Waals surface area contributed by atoms with Crippen molar-refractivity contribution in [2.75, 3.05) is 5.43 Å². The summed E-state index contributed by atoms with van der Waals surface area (Å²) in [6, 6.07) is 9.95. The predicted molar refractivity (Wildman–Crippen MR) is 81.9 cm³/mol. The van der Waals surface area contributed by atoms with Gasteiger partial charge >= 0.3 is 0 Å². The molecule has 5 heteroatoms. The van der Waals surface area contributed by atoms with Crippen LogP contribution in [-0.2, 0) is 0 Å². The van der Waals surface area contributed by atoms with Crippen molar-refractivity contribution >= 4 is 34.8 Å². The fourth-order valence-corrected chi connectivity index (χ4v) is 2.04. The zero-order chi connectivity index (χ0) is 13.0. The lowest BCUT2D eigenvalue weighted by Crippen LogP contribution is -2.00. The summed E-state index contributed by atoms with van der Waals surface area (Å²) in [5, 5.41) is 4.15. The van der Waals surface area contributed by atoms with Gasteiger partial charge in [0.25, 0.3) is 0 Å². The molecule has 0 spiro atoms. The Labute approximate surface area is 120 Å². The van der Waals surface area contributed by atoms with Crippen molar-refractivity contribution in [2.24, 2.45) is 5.10 Å². The summed E-state index contributed by atoms with van der Waals surface area (Å²) in [4.78, 5) is 8.50. The lowest BCUT2D eigenvalue weighted by Gasteiger charge is -2.01. The highest BCUT2D eigenvalue weighted by Gasteiger charge is 1.97. The molecule has 0 atom stereocenters. The SMILES string of the molecule is Cc1cc(C)nc(N/N=C\c2ccccc2I)n1. The molecule has 0 bridgehead atoms. The van der Waals surface area contributed by atoms with E-state index in [1.807, 2.05) is 44.2 Å². The van der Waals surface area contributed by atoms with Crippen LogP contribution < -0.4 is 5.43 Å². The Kier molecular flexibility index (Phi) is 4.24. The second-order valence-electron chi connectivity index (χ2n) is 3.87. The number of anilines is 1. The van der Waals surface area contributed by atoms with E-state index in [2.05, 4.69) is 43.1 Å². The van der Waals surface area contributed by atoms with E-state index in [1.165, 1.54) is 0 Å². The van der Waals surface area contributed by atoms with Gasteiger partial charge in [-0.15, -0.1) is 0 Å². The van der Waals surface area contributed by atoms with Gasteiger partial charge in [0.05, 0.1) is 6.21 Å². The summed E-state index contributed by atoms with van der Waals surface area (Å²) in [7, 11) is 0. The van der Waals surface area contributed by atoms with E-state index in [4.69, 9.17) is 0 Å². The van der Waals surface area contributed by atoms with Gasteiger partial charge in [-0.05, 0) is 48.6 Å². The van der Waals surface area contributed by atoms with Gasteiger partial charge in [-0.25, -0.2) is 15.4 Å². The number of hydrogen-bond donors (Lipinski definition) is 1. The smallest absolute Gasteiger partial charge is 0.243 e. The van der Waals surface area contributed by atoms with E-state index in [-0.39, 0.29) is 0 Å². The molecule has 0 saturated heterocycles. The van der Waals surface area contributed by atoms with Crippen molar-refractivity contribution in [1.29, 1.82) is 0 Å². The van der Waals surface area contributed by atoms with Crippen molar-refractivity contribution in [3.63, 3.8) is 0 Å². The number of hydrazone groups is 1. The Morgan fingerprint density at radius 2 is 1.83 bits per heavy atom. The summed E-state index contributed by atoms with van der Waals surface area (Å²) < 4.78 is 1.15. The molecule has 1 N–H and O–H groups in total. The van der Waals surface area contributed by atoms with Crippen molar-refractivity contribution in [3.05, 3.63) is 50.9 Å². The molecule has 0 aliphatic carbocycles. The summed E-state index contributed by atoms with van der Waals surface area (Å²) in [6.45, 7) is 3.87. The molecule has 2 aromatic rings. The Morgan fingerprint density at radius 1 is 1.17 bits per heavy atom. The van der Waals surface area contributed by atoms with E-state index >= 15 is 0 Å². The standard InChI is InChI=1S/C13H13IN4/c1-9-7-10(2)17-13(16-9)18-15-8-11-5-3-4-6-12(11)14/h3-8H,1-2H3,(H,16,17,18)/b15-8-. The maximum atomic E-state index is 4.25. The molecular weight excluding hydrogens is 339 g/mol. The molecule has 0 aliphatic heterocycles. The van der Waals surface area contributed by atoms with Crippen LogP contribution in [0.1, 0.15) is 17.0 Å². The largest absolute Gasteiger partial charge is 0.245 e. The molecule has 4 nitrogen and oxygen atoms in total. The second kappa shape index (κ2) is 5.90. The maximum Gasteiger partial charge on any atom is 0.243 e. The molecule has 1 aromatic carbocycles. The van der Waals surface area contributed by atoms with E-state index in [0.29, 0.717) is 5.95 Å². The molecule has 0 amide bonds. The van der Waals surface area contributed by atoms with Gasteiger partial charge < -0.3 is 0 Å². The summed E-state index contributed by atoms with van der Waals surface area (Å²) >= 11 is 2.28. The highest BCUT2D eigenvalue weighted by Crippen LogP contribution is 2.09. The van der Waals surface area contributed by atoms with Gasteiger partial charge in [0.2, 0.25) is 5.95 Å². The summed E-state index contributed by atoms with van der Waals surface area (Å²) in [5.41, 5.74) is 5.76. The highest BCUT2D eigenvalue weighted by atomic mass is 127. The van der Waals surface area contributed by atoms with Crippen LogP contribution in [-0.4, -0.2) is 16.2 Å². The molecule has 2 rings (SSSR count). The first kappa shape index (κ1) is 12.9. The summed E-state index contributed by atoms with van der Waals surface area (Å²) in [5.74, 6) is 0.523. The normalized spacial score (nSPS) is 10.8. The third kappa shape index (κ3) is 3.49. The van der Waals surface area contributed by atoms with E-state index in [9.17, 15) is 0 Å². The number of nitrogens with zero attached hydrogens (tertiary/aromatic N) is 3. The molecular formula is C13H13IN4. The molecule has 0 saturated carbocycles. The number of rotatable bonds is 3. The lowest BCUT2D eigenvalue weighted by molar-refractivity contribution is 1.04. The lowest BCUT2D eigenvalue weighted by atomic mass is 10.2. The monoisotopic (exact) mass is 352 g/mol. The van der Waals surface area contributed by atoms with Gasteiger partial charge in [-0.1, -0.05) is 18.2 Å². The molecule has 0 aliphatic rings. The van der Waals surface area contributed by atoms with Crippen LogP contribution in [0, 0.1) is 17.4 Å². The Hall–Kier alpha value is -1.50. The number of nitrogens with one attached hydrogen (secondary N) is 1. The minimum atomic E-state index is 0.523. The van der Waals surface area contributed by atoms with Crippen molar-refractivity contribution < 1.29 is 0 Å². The average Bonchev–Trinajstić information content (AvgIpc) is 2.30. The minimum absolute atomic E-state index is 0.523. The zero-order valence-corrected chi connectivity index (χ0v) is 12.3. The van der Waals surface area contributed by atoms with Crippen molar-refractivity contribution in [3.8, 4) is 0 Å².